The number of rotatable bonds is 5. The number of hydrogen-bond donors (Lipinski definition) is 2. The summed E-state index contributed by atoms with van der Waals surface area (Å²) in [5.41, 5.74) is 5.48. The van der Waals surface area contributed by atoms with Crippen molar-refractivity contribution in [2.24, 2.45) is 5.73 Å². The van der Waals surface area contributed by atoms with Crippen LogP contribution in [0.5, 0.6) is 0 Å². The molecule has 1 rings (SSSR count). The summed E-state index contributed by atoms with van der Waals surface area (Å²) in [6, 6.07) is 0.448. The molecule has 1 aliphatic carbocycles. The minimum atomic E-state index is -0.746. The maximum atomic E-state index is 10.6. The van der Waals surface area contributed by atoms with Crippen LogP contribution in [0.2, 0.25) is 0 Å². The molecule has 0 aromatic heterocycles. The van der Waals surface area contributed by atoms with Crippen LogP contribution >= 0.6 is 0 Å². The van der Waals surface area contributed by atoms with E-state index in [1.807, 2.05) is 4.90 Å². The Morgan fingerprint density at radius 2 is 2.00 bits per heavy atom. The van der Waals surface area contributed by atoms with E-state index in [0.717, 1.165) is 12.8 Å². The summed E-state index contributed by atoms with van der Waals surface area (Å²) in [7, 11) is 0. The molecule has 0 amide bonds. The quantitative estimate of drug-likeness (QED) is 0.684. The van der Waals surface area contributed by atoms with Gasteiger partial charge in [0, 0.05) is 19.1 Å². The van der Waals surface area contributed by atoms with E-state index in [1.165, 1.54) is 19.3 Å². The fourth-order valence-corrected chi connectivity index (χ4v) is 2.18. The van der Waals surface area contributed by atoms with E-state index < -0.39 is 5.97 Å². The third kappa shape index (κ3) is 3.64. The summed E-state index contributed by atoms with van der Waals surface area (Å²) >= 11 is 0. The van der Waals surface area contributed by atoms with E-state index >= 15 is 0 Å². The number of nitrogens with two attached hydrogens (primary N) is 1. The molecule has 14 heavy (non-hydrogen) atoms. The van der Waals surface area contributed by atoms with Gasteiger partial charge in [0.25, 0.3) is 0 Å². The number of hydrogen-bond acceptors (Lipinski definition) is 3. The average Bonchev–Trinajstić information content (AvgIpc) is 2.18. The van der Waals surface area contributed by atoms with Crippen molar-refractivity contribution < 1.29 is 9.90 Å². The maximum Gasteiger partial charge on any atom is 0.317 e. The highest BCUT2D eigenvalue weighted by Crippen LogP contribution is 2.21. The molecule has 1 aliphatic rings. The van der Waals surface area contributed by atoms with E-state index in [4.69, 9.17) is 10.8 Å². The van der Waals surface area contributed by atoms with E-state index in [9.17, 15) is 4.79 Å². The highest BCUT2D eigenvalue weighted by molar-refractivity contribution is 5.69. The van der Waals surface area contributed by atoms with Gasteiger partial charge in [0.05, 0.1) is 6.54 Å². The van der Waals surface area contributed by atoms with Crippen molar-refractivity contribution in [1.82, 2.24) is 4.90 Å². The first-order valence-corrected chi connectivity index (χ1v) is 5.40. The van der Waals surface area contributed by atoms with Gasteiger partial charge in [-0.15, -0.1) is 0 Å². The van der Waals surface area contributed by atoms with Crippen LogP contribution in [-0.2, 0) is 4.79 Å². The summed E-state index contributed by atoms with van der Waals surface area (Å²) < 4.78 is 0. The molecule has 0 aliphatic heterocycles. The van der Waals surface area contributed by atoms with E-state index in [-0.39, 0.29) is 6.54 Å². The Bertz CT molecular complexity index is 179. The first kappa shape index (κ1) is 11.5. The van der Waals surface area contributed by atoms with Crippen LogP contribution in [0.25, 0.3) is 0 Å². The number of nitrogens with zero attached hydrogens (tertiary/aromatic N) is 1. The van der Waals surface area contributed by atoms with Crippen LogP contribution in [0, 0.1) is 0 Å². The largest absolute Gasteiger partial charge is 0.480 e. The topological polar surface area (TPSA) is 66.6 Å². The molecule has 3 N–H and O–H groups in total. The lowest BCUT2D eigenvalue weighted by atomic mass is 9.94. The molecule has 0 heterocycles. The highest BCUT2D eigenvalue weighted by atomic mass is 16.4. The SMILES string of the molecule is NCCN(CC(=O)O)C1CCCCC1. The third-order valence-corrected chi connectivity index (χ3v) is 2.85. The van der Waals surface area contributed by atoms with Crippen LogP contribution in [-0.4, -0.2) is 41.7 Å². The Labute approximate surface area is 85.1 Å². The summed E-state index contributed by atoms with van der Waals surface area (Å²) in [5, 5.41) is 8.76. The molecule has 0 spiro atoms. The summed E-state index contributed by atoms with van der Waals surface area (Å²) in [6.45, 7) is 1.39. The van der Waals surface area contributed by atoms with Crippen molar-refractivity contribution in [3.8, 4) is 0 Å². The average molecular weight is 200 g/mol. The van der Waals surface area contributed by atoms with Gasteiger partial charge in [-0.3, -0.25) is 9.69 Å². The molecule has 0 bridgehead atoms. The molecular weight excluding hydrogens is 180 g/mol. The Morgan fingerprint density at radius 3 is 2.50 bits per heavy atom. The fraction of sp³-hybridized carbons (Fsp3) is 0.900. The number of carboxylic acids is 1. The second-order valence-electron chi connectivity index (χ2n) is 3.94. The normalized spacial score (nSPS) is 18.7. The molecule has 0 aromatic carbocycles. The predicted octanol–water partition coefficient (Wildman–Crippen LogP) is 0.664. The van der Waals surface area contributed by atoms with Crippen molar-refractivity contribution in [3.05, 3.63) is 0 Å². The van der Waals surface area contributed by atoms with Crippen molar-refractivity contribution in [1.29, 1.82) is 0 Å². The molecule has 82 valence electrons. The van der Waals surface area contributed by atoms with Gasteiger partial charge < -0.3 is 10.8 Å². The zero-order chi connectivity index (χ0) is 10.4. The van der Waals surface area contributed by atoms with E-state index in [0.29, 0.717) is 19.1 Å². The Morgan fingerprint density at radius 1 is 1.36 bits per heavy atom. The first-order chi connectivity index (χ1) is 6.74. The summed E-state index contributed by atoms with van der Waals surface area (Å²) in [6.07, 6.45) is 6.01. The van der Waals surface area contributed by atoms with Gasteiger partial charge in [0.2, 0.25) is 0 Å². The van der Waals surface area contributed by atoms with Crippen LogP contribution in [0.4, 0.5) is 0 Å². The number of aliphatic carboxylic acids is 1. The van der Waals surface area contributed by atoms with Crippen molar-refractivity contribution >= 4 is 5.97 Å². The van der Waals surface area contributed by atoms with Crippen LogP contribution in [0.1, 0.15) is 32.1 Å². The maximum absolute atomic E-state index is 10.6. The number of carboxylic acid groups (broad SMARTS) is 1. The number of carbonyl (C=O) groups is 1. The second-order valence-corrected chi connectivity index (χ2v) is 3.94. The lowest BCUT2D eigenvalue weighted by molar-refractivity contribution is -0.139. The zero-order valence-corrected chi connectivity index (χ0v) is 8.61. The van der Waals surface area contributed by atoms with Gasteiger partial charge in [0.1, 0.15) is 0 Å². The standard InChI is InChI=1S/C10H20N2O2/c11-6-7-12(8-10(13)14)9-4-2-1-3-5-9/h9H,1-8,11H2,(H,13,14). The van der Waals surface area contributed by atoms with E-state index in [1.54, 1.807) is 0 Å². The molecule has 0 aromatic rings. The molecule has 0 radical (unpaired) electrons. The zero-order valence-electron chi connectivity index (χ0n) is 8.61. The molecule has 0 atom stereocenters. The summed E-state index contributed by atoms with van der Waals surface area (Å²) in [4.78, 5) is 12.7. The lowest BCUT2D eigenvalue weighted by Gasteiger charge is -2.32. The first-order valence-electron chi connectivity index (χ1n) is 5.40. The lowest BCUT2D eigenvalue weighted by Crippen LogP contribution is -2.42. The second kappa shape index (κ2) is 5.98. The van der Waals surface area contributed by atoms with Crippen LogP contribution in [0.3, 0.4) is 0 Å². The molecular formula is C10H20N2O2. The predicted molar refractivity (Wildman–Crippen MR) is 55.1 cm³/mol. The third-order valence-electron chi connectivity index (χ3n) is 2.85. The fourth-order valence-electron chi connectivity index (χ4n) is 2.18. The molecule has 4 heteroatoms. The van der Waals surface area contributed by atoms with Gasteiger partial charge in [-0.2, -0.15) is 0 Å². The Kier molecular flexibility index (Phi) is 4.90. The van der Waals surface area contributed by atoms with Gasteiger partial charge in [-0.1, -0.05) is 19.3 Å². The van der Waals surface area contributed by atoms with Crippen molar-refractivity contribution in [2.45, 2.75) is 38.1 Å². The van der Waals surface area contributed by atoms with Crippen LogP contribution in [0.15, 0.2) is 0 Å². The monoisotopic (exact) mass is 200 g/mol. The summed E-state index contributed by atoms with van der Waals surface area (Å²) in [5.74, 6) is -0.746. The highest BCUT2D eigenvalue weighted by Gasteiger charge is 2.21. The van der Waals surface area contributed by atoms with Gasteiger partial charge in [-0.25, -0.2) is 0 Å². The Balaban J connectivity index is 2.42. The molecule has 0 saturated heterocycles. The molecule has 1 fully saturated rings. The van der Waals surface area contributed by atoms with Crippen molar-refractivity contribution in [2.75, 3.05) is 19.6 Å². The van der Waals surface area contributed by atoms with E-state index in [2.05, 4.69) is 0 Å². The van der Waals surface area contributed by atoms with Gasteiger partial charge in [-0.05, 0) is 12.8 Å². The smallest absolute Gasteiger partial charge is 0.317 e. The molecule has 4 nitrogen and oxygen atoms in total. The van der Waals surface area contributed by atoms with Gasteiger partial charge in [0.15, 0.2) is 0 Å². The van der Waals surface area contributed by atoms with Gasteiger partial charge >= 0.3 is 5.97 Å². The minimum absolute atomic E-state index is 0.141. The Hall–Kier alpha value is -0.610. The molecule has 1 saturated carbocycles. The molecule has 0 unspecified atom stereocenters. The van der Waals surface area contributed by atoms with Crippen LogP contribution < -0.4 is 5.73 Å². The minimum Gasteiger partial charge on any atom is -0.480 e. The van der Waals surface area contributed by atoms with Crippen molar-refractivity contribution in [3.63, 3.8) is 0 Å².